The number of benzene rings is 2. The molecule has 0 aliphatic carbocycles. The molecule has 0 radical (unpaired) electrons. The third kappa shape index (κ3) is 3.33. The van der Waals surface area contributed by atoms with Gasteiger partial charge in [-0.1, -0.05) is 57.9 Å². The van der Waals surface area contributed by atoms with Crippen molar-refractivity contribution in [3.63, 3.8) is 0 Å². The quantitative estimate of drug-likeness (QED) is 0.702. The smallest absolute Gasteiger partial charge is 0.311 e. The molecule has 0 amide bonds. The Labute approximate surface area is 148 Å². The molecule has 0 saturated heterocycles. The van der Waals surface area contributed by atoms with Crippen LogP contribution in [0.5, 0.6) is 0 Å². The van der Waals surface area contributed by atoms with Crippen molar-refractivity contribution in [2.75, 3.05) is 7.11 Å². The normalized spacial score (nSPS) is 20.2. The summed E-state index contributed by atoms with van der Waals surface area (Å²) < 4.78 is 5.96. The van der Waals surface area contributed by atoms with Gasteiger partial charge in [0.15, 0.2) is 0 Å². The molecular weight excluding hydrogens is 378 g/mol. The first kappa shape index (κ1) is 16.2. The van der Waals surface area contributed by atoms with Gasteiger partial charge in [-0.05, 0) is 23.8 Å². The van der Waals surface area contributed by atoms with Crippen LogP contribution in [0, 0.1) is 5.92 Å². The van der Waals surface area contributed by atoms with Gasteiger partial charge in [0.1, 0.15) is 0 Å². The molecule has 1 heterocycles. The van der Waals surface area contributed by atoms with Gasteiger partial charge in [0.2, 0.25) is 0 Å². The molecule has 2 atom stereocenters. The Morgan fingerprint density at radius 1 is 1.22 bits per heavy atom. The molecule has 2 aromatic carbocycles. The third-order valence-corrected chi connectivity index (χ3v) is 4.85. The highest BCUT2D eigenvalue weighted by molar-refractivity contribution is 9.10. The summed E-state index contributed by atoms with van der Waals surface area (Å²) in [6.07, 6.45) is 0.525. The monoisotopic (exact) mass is 391 g/mol. The maximum atomic E-state index is 12.2. The highest BCUT2D eigenvalue weighted by Crippen LogP contribution is 2.38. The highest BCUT2D eigenvalue weighted by Gasteiger charge is 2.37. The second-order valence-electron chi connectivity index (χ2n) is 5.39. The van der Waals surface area contributed by atoms with E-state index in [9.17, 15) is 4.79 Å². The lowest BCUT2D eigenvalue weighted by Gasteiger charge is -2.16. The van der Waals surface area contributed by atoms with Crippen molar-refractivity contribution in [1.82, 2.24) is 0 Å². The highest BCUT2D eigenvalue weighted by atomic mass is 79.9. The molecule has 0 saturated carbocycles. The van der Waals surface area contributed by atoms with E-state index < -0.39 is 0 Å². The molecule has 0 N–H and O–H groups in total. The molecule has 0 spiro atoms. The second kappa shape index (κ2) is 6.85. The number of hydrogen-bond acceptors (Lipinski definition) is 3. The number of nitrogens with zero attached hydrogens (tertiary/aromatic N) is 1. The van der Waals surface area contributed by atoms with E-state index in [-0.39, 0.29) is 17.9 Å². The van der Waals surface area contributed by atoms with E-state index in [0.717, 1.165) is 21.3 Å². The largest absolute Gasteiger partial charge is 0.469 e. The van der Waals surface area contributed by atoms with E-state index in [1.807, 2.05) is 48.5 Å². The standard InChI is InChI=1S/C18H15BrClNO2/c1-23-18(22)14-10-16(13-4-2-3-5-15(13)20)21-17(14)11-6-8-12(19)9-7-11/h2-9,14,17H,10H2,1H3. The molecule has 118 valence electrons. The van der Waals surface area contributed by atoms with Gasteiger partial charge in [0.05, 0.1) is 19.1 Å². The van der Waals surface area contributed by atoms with E-state index in [4.69, 9.17) is 21.3 Å². The van der Waals surface area contributed by atoms with Gasteiger partial charge in [-0.25, -0.2) is 0 Å². The number of esters is 1. The van der Waals surface area contributed by atoms with Gasteiger partial charge >= 0.3 is 5.97 Å². The number of methoxy groups -OCH3 is 1. The minimum atomic E-state index is -0.326. The number of carbonyl (C=O) groups excluding carboxylic acids is 1. The maximum Gasteiger partial charge on any atom is 0.311 e. The van der Waals surface area contributed by atoms with Crippen molar-refractivity contribution >= 4 is 39.2 Å². The Kier molecular flexibility index (Phi) is 4.83. The first-order valence-electron chi connectivity index (χ1n) is 7.25. The van der Waals surface area contributed by atoms with Crippen LogP contribution in [0.3, 0.4) is 0 Å². The number of aliphatic imine (C=N–C) groups is 1. The minimum Gasteiger partial charge on any atom is -0.469 e. The van der Waals surface area contributed by atoms with Crippen LogP contribution < -0.4 is 0 Å². The van der Waals surface area contributed by atoms with Crippen molar-refractivity contribution in [1.29, 1.82) is 0 Å². The van der Waals surface area contributed by atoms with Crippen LogP contribution in [0.2, 0.25) is 5.02 Å². The van der Waals surface area contributed by atoms with Crippen LogP contribution in [0.1, 0.15) is 23.6 Å². The van der Waals surface area contributed by atoms with Crippen LogP contribution in [-0.4, -0.2) is 18.8 Å². The van der Waals surface area contributed by atoms with Crippen LogP contribution in [-0.2, 0) is 9.53 Å². The summed E-state index contributed by atoms with van der Waals surface area (Å²) >= 11 is 9.70. The fraction of sp³-hybridized carbons (Fsp3) is 0.222. The SMILES string of the molecule is COC(=O)C1CC(c2ccccc2Cl)=NC1c1ccc(Br)cc1. The van der Waals surface area contributed by atoms with Gasteiger partial charge in [-0.15, -0.1) is 0 Å². The van der Waals surface area contributed by atoms with Crippen LogP contribution in [0.25, 0.3) is 0 Å². The van der Waals surface area contributed by atoms with Crippen molar-refractivity contribution in [2.45, 2.75) is 12.5 Å². The fourth-order valence-corrected chi connectivity index (χ4v) is 3.34. The summed E-state index contributed by atoms with van der Waals surface area (Å²) in [7, 11) is 1.41. The summed E-state index contributed by atoms with van der Waals surface area (Å²) in [6.45, 7) is 0. The van der Waals surface area contributed by atoms with E-state index in [2.05, 4.69) is 15.9 Å². The summed E-state index contributed by atoms with van der Waals surface area (Å²) in [5.74, 6) is -0.573. The average Bonchev–Trinajstić information content (AvgIpc) is 3.00. The Morgan fingerprint density at radius 3 is 2.57 bits per heavy atom. The van der Waals surface area contributed by atoms with E-state index in [1.54, 1.807) is 0 Å². The van der Waals surface area contributed by atoms with E-state index in [1.165, 1.54) is 7.11 Å². The molecule has 3 rings (SSSR count). The second-order valence-corrected chi connectivity index (χ2v) is 6.71. The Balaban J connectivity index is 2.00. The molecule has 2 aromatic rings. The Morgan fingerprint density at radius 2 is 1.91 bits per heavy atom. The molecule has 0 aromatic heterocycles. The minimum absolute atomic E-state index is 0.247. The average molecular weight is 393 g/mol. The molecule has 3 nitrogen and oxygen atoms in total. The Hall–Kier alpha value is -1.65. The lowest BCUT2D eigenvalue weighted by atomic mass is 9.91. The van der Waals surface area contributed by atoms with Crippen molar-refractivity contribution < 1.29 is 9.53 Å². The predicted octanol–water partition coefficient (Wildman–Crippen LogP) is 4.83. The summed E-state index contributed by atoms with van der Waals surface area (Å²) in [4.78, 5) is 17.0. The zero-order valence-electron chi connectivity index (χ0n) is 12.5. The molecule has 5 heteroatoms. The molecule has 1 aliphatic heterocycles. The van der Waals surface area contributed by atoms with E-state index >= 15 is 0 Å². The molecule has 0 fully saturated rings. The molecule has 1 aliphatic rings. The molecular formula is C18H15BrClNO2. The van der Waals surface area contributed by atoms with E-state index in [0.29, 0.717) is 11.4 Å². The lowest BCUT2D eigenvalue weighted by Crippen LogP contribution is -2.20. The summed E-state index contributed by atoms with van der Waals surface area (Å²) in [5, 5.41) is 0.645. The third-order valence-electron chi connectivity index (χ3n) is 3.99. The topological polar surface area (TPSA) is 38.7 Å². The molecule has 23 heavy (non-hydrogen) atoms. The maximum absolute atomic E-state index is 12.2. The van der Waals surface area contributed by atoms with Gasteiger partial charge in [-0.3, -0.25) is 9.79 Å². The van der Waals surface area contributed by atoms with Crippen molar-refractivity contribution in [2.24, 2.45) is 10.9 Å². The van der Waals surface area contributed by atoms with Gasteiger partial charge < -0.3 is 4.74 Å². The summed E-state index contributed by atoms with van der Waals surface area (Å²) in [6, 6.07) is 15.2. The van der Waals surface area contributed by atoms with Gasteiger partial charge in [0, 0.05) is 27.2 Å². The van der Waals surface area contributed by atoms with Crippen LogP contribution in [0.15, 0.2) is 58.0 Å². The molecule has 0 bridgehead atoms. The molecule has 2 unspecified atom stereocenters. The number of rotatable bonds is 3. The lowest BCUT2D eigenvalue weighted by molar-refractivity contribution is -0.145. The van der Waals surface area contributed by atoms with Crippen LogP contribution in [0.4, 0.5) is 0 Å². The first-order chi connectivity index (χ1) is 11.1. The number of ether oxygens (including phenoxy) is 1. The Bertz CT molecular complexity index is 758. The van der Waals surface area contributed by atoms with Crippen molar-refractivity contribution in [3.8, 4) is 0 Å². The van der Waals surface area contributed by atoms with Crippen LogP contribution >= 0.6 is 27.5 Å². The number of carbonyl (C=O) groups is 1. The summed E-state index contributed by atoms with van der Waals surface area (Å²) in [5.41, 5.74) is 2.72. The fourth-order valence-electron chi connectivity index (χ4n) is 2.84. The first-order valence-corrected chi connectivity index (χ1v) is 8.42. The zero-order valence-corrected chi connectivity index (χ0v) is 14.8. The zero-order chi connectivity index (χ0) is 16.4. The number of hydrogen-bond donors (Lipinski definition) is 0. The van der Waals surface area contributed by atoms with Crippen molar-refractivity contribution in [3.05, 3.63) is 69.2 Å². The van der Waals surface area contributed by atoms with Gasteiger partial charge in [0.25, 0.3) is 0 Å². The number of halogens is 2. The predicted molar refractivity (Wildman–Crippen MR) is 95.0 cm³/mol. The van der Waals surface area contributed by atoms with Gasteiger partial charge in [-0.2, -0.15) is 0 Å².